The molecule has 1 saturated heterocycles. The number of pyridine rings is 1. The molecule has 1 amide bonds. The van der Waals surface area contributed by atoms with Crippen molar-refractivity contribution in [1.29, 1.82) is 0 Å². The van der Waals surface area contributed by atoms with E-state index >= 15 is 0 Å². The Bertz CT molecular complexity index is 1560. The molecule has 1 aliphatic rings. The molecule has 0 N–H and O–H groups in total. The van der Waals surface area contributed by atoms with Gasteiger partial charge in [0.05, 0.1) is 39.5 Å². The Hall–Kier alpha value is -4.05. The van der Waals surface area contributed by atoms with Gasteiger partial charge < -0.3 is 9.64 Å². The van der Waals surface area contributed by atoms with Crippen LogP contribution < -0.4 is 10.4 Å². The summed E-state index contributed by atoms with van der Waals surface area (Å²) in [7, 11) is 0. The lowest BCUT2D eigenvalue weighted by atomic mass is 10.2. The second kappa shape index (κ2) is 9.44. The summed E-state index contributed by atoms with van der Waals surface area (Å²) in [6.07, 6.45) is 0.598. The van der Waals surface area contributed by atoms with Gasteiger partial charge in [0.2, 0.25) is 5.91 Å². The third-order valence-electron chi connectivity index (χ3n) is 6.27. The summed E-state index contributed by atoms with van der Waals surface area (Å²) in [4.78, 5) is 31.5. The zero-order valence-corrected chi connectivity index (χ0v) is 20.0. The number of benzene rings is 2. The first kappa shape index (κ1) is 24.6. The molecule has 3 heterocycles. The van der Waals surface area contributed by atoms with E-state index in [9.17, 15) is 22.8 Å². The second-order valence-corrected chi connectivity index (χ2v) is 8.93. The summed E-state index contributed by atoms with van der Waals surface area (Å²) in [6.45, 7) is 4.43. The van der Waals surface area contributed by atoms with Gasteiger partial charge in [0.15, 0.2) is 0 Å². The average molecular weight is 529 g/mol. The topological polar surface area (TPSA) is 69.4 Å². The summed E-state index contributed by atoms with van der Waals surface area (Å²) in [6, 6.07) is 10.5. The van der Waals surface area contributed by atoms with Crippen molar-refractivity contribution in [1.82, 2.24) is 19.0 Å². The number of fused-ring (bicyclic) bond motifs is 1. The fraction of sp³-hybridized carbons (Fsp3) is 0.192. The molecule has 2 aromatic heterocycles. The first-order valence-electron chi connectivity index (χ1n) is 11.3. The highest BCUT2D eigenvalue weighted by Crippen LogP contribution is 2.35. The van der Waals surface area contributed by atoms with Crippen LogP contribution in [0.1, 0.15) is 18.0 Å². The fourth-order valence-corrected chi connectivity index (χ4v) is 4.72. The smallest absolute Gasteiger partial charge is 0.416 e. The van der Waals surface area contributed by atoms with E-state index in [0.717, 1.165) is 12.1 Å². The van der Waals surface area contributed by atoms with Gasteiger partial charge in [-0.2, -0.15) is 13.2 Å². The maximum absolute atomic E-state index is 13.6. The van der Waals surface area contributed by atoms with Crippen LogP contribution in [-0.2, 0) is 11.0 Å². The highest BCUT2D eigenvalue weighted by molar-refractivity contribution is 6.32. The van der Waals surface area contributed by atoms with Crippen molar-refractivity contribution in [2.45, 2.75) is 18.6 Å². The lowest BCUT2D eigenvalue weighted by molar-refractivity contribution is -0.137. The van der Waals surface area contributed by atoms with Crippen LogP contribution in [0.5, 0.6) is 11.5 Å². The summed E-state index contributed by atoms with van der Waals surface area (Å²) in [5.74, 6) is 0.214. The minimum Gasteiger partial charge on any atom is -0.456 e. The van der Waals surface area contributed by atoms with Crippen LogP contribution >= 0.6 is 11.6 Å². The molecule has 1 fully saturated rings. The Kier molecular flexibility index (Phi) is 6.28. The molecular formula is C26H20ClF3N4O3. The monoisotopic (exact) mass is 528 g/mol. The van der Waals surface area contributed by atoms with Gasteiger partial charge in [0, 0.05) is 19.3 Å². The Morgan fingerprint density at radius 1 is 1.14 bits per heavy atom. The third-order valence-corrected chi connectivity index (χ3v) is 6.57. The molecule has 0 radical (unpaired) electrons. The number of rotatable bonds is 5. The van der Waals surface area contributed by atoms with Gasteiger partial charge in [0.1, 0.15) is 11.5 Å². The van der Waals surface area contributed by atoms with Crippen LogP contribution in [0, 0.1) is 0 Å². The molecule has 0 aliphatic carbocycles. The van der Waals surface area contributed by atoms with Crippen molar-refractivity contribution in [3.8, 4) is 17.2 Å². The van der Waals surface area contributed by atoms with E-state index in [1.54, 1.807) is 46.1 Å². The number of halogens is 4. The number of hydrogen-bond acceptors (Lipinski definition) is 4. The van der Waals surface area contributed by atoms with Gasteiger partial charge in [-0.1, -0.05) is 18.2 Å². The molecule has 4 aromatic rings. The van der Waals surface area contributed by atoms with E-state index < -0.39 is 11.7 Å². The van der Waals surface area contributed by atoms with E-state index in [2.05, 4.69) is 11.6 Å². The Labute approximate surface area is 214 Å². The lowest BCUT2D eigenvalue weighted by Gasteiger charge is -2.15. The summed E-state index contributed by atoms with van der Waals surface area (Å²) >= 11 is 6.44. The van der Waals surface area contributed by atoms with E-state index in [1.165, 1.54) is 22.8 Å². The Morgan fingerprint density at radius 2 is 1.89 bits per heavy atom. The Balaban J connectivity index is 1.48. The highest BCUT2D eigenvalue weighted by atomic mass is 35.5. The zero-order chi connectivity index (χ0) is 26.3. The number of alkyl halides is 3. The fourth-order valence-electron chi connectivity index (χ4n) is 4.50. The predicted octanol–water partition coefficient (Wildman–Crippen LogP) is 5.61. The molecule has 1 unspecified atom stereocenters. The number of imidazole rings is 1. The number of aromatic nitrogens is 3. The summed E-state index contributed by atoms with van der Waals surface area (Å²) in [5, 5.41) is 0.165. The third kappa shape index (κ3) is 4.60. The predicted molar refractivity (Wildman–Crippen MR) is 132 cm³/mol. The molecule has 0 saturated carbocycles. The number of hydrogen-bond donors (Lipinski definition) is 0. The summed E-state index contributed by atoms with van der Waals surface area (Å²) in [5.41, 5.74) is 0.592. The van der Waals surface area contributed by atoms with Crippen LogP contribution in [0.4, 0.5) is 13.2 Å². The van der Waals surface area contributed by atoms with Gasteiger partial charge in [-0.05, 0) is 61.0 Å². The molecule has 5 rings (SSSR count). The first-order valence-corrected chi connectivity index (χ1v) is 11.7. The SMILES string of the molecule is C=CC(=O)N1CCC(n2c(=O)n(-c3ccc(Oc4ccc(C(F)(F)F)cc4)c(Cl)c3)c3cnccc32)C1. The van der Waals surface area contributed by atoms with Crippen molar-refractivity contribution < 1.29 is 22.7 Å². The van der Waals surface area contributed by atoms with Crippen LogP contribution in [0.15, 0.2) is 78.4 Å². The van der Waals surface area contributed by atoms with Crippen LogP contribution in [-0.4, -0.2) is 38.0 Å². The number of likely N-dealkylation sites (tertiary alicyclic amines) is 1. The van der Waals surface area contributed by atoms with Crippen LogP contribution in [0.2, 0.25) is 5.02 Å². The number of nitrogens with zero attached hydrogens (tertiary/aromatic N) is 4. The summed E-state index contributed by atoms with van der Waals surface area (Å²) < 4.78 is 47.3. The van der Waals surface area contributed by atoms with Crippen LogP contribution in [0.3, 0.4) is 0 Å². The minimum atomic E-state index is -4.45. The van der Waals surface area contributed by atoms with Crippen molar-refractivity contribution in [2.75, 3.05) is 13.1 Å². The zero-order valence-electron chi connectivity index (χ0n) is 19.3. The van der Waals surface area contributed by atoms with Crippen LogP contribution in [0.25, 0.3) is 16.7 Å². The molecule has 190 valence electrons. The second-order valence-electron chi connectivity index (χ2n) is 8.52. The van der Waals surface area contributed by atoms with E-state index in [0.29, 0.717) is 36.2 Å². The van der Waals surface area contributed by atoms with E-state index in [4.69, 9.17) is 16.3 Å². The van der Waals surface area contributed by atoms with Gasteiger partial charge >= 0.3 is 11.9 Å². The molecule has 0 spiro atoms. The molecule has 11 heteroatoms. The van der Waals surface area contributed by atoms with Crippen molar-refractivity contribution in [2.24, 2.45) is 0 Å². The maximum atomic E-state index is 13.6. The molecule has 1 aliphatic heterocycles. The van der Waals surface area contributed by atoms with E-state index in [1.807, 2.05) is 0 Å². The normalized spacial score (nSPS) is 15.8. The lowest BCUT2D eigenvalue weighted by Crippen LogP contribution is -2.31. The van der Waals surface area contributed by atoms with Gasteiger partial charge in [-0.15, -0.1) is 0 Å². The molecule has 2 aromatic carbocycles. The van der Waals surface area contributed by atoms with Crippen molar-refractivity contribution in [3.63, 3.8) is 0 Å². The average Bonchev–Trinajstić information content (AvgIpc) is 3.46. The van der Waals surface area contributed by atoms with Crippen molar-refractivity contribution >= 4 is 28.5 Å². The number of amides is 1. The highest BCUT2D eigenvalue weighted by Gasteiger charge is 2.31. The molecular weight excluding hydrogens is 509 g/mol. The number of ether oxygens (including phenoxy) is 1. The molecule has 7 nitrogen and oxygen atoms in total. The van der Waals surface area contributed by atoms with Gasteiger partial charge in [0.25, 0.3) is 0 Å². The number of carbonyl (C=O) groups excluding carboxylic acids is 1. The largest absolute Gasteiger partial charge is 0.456 e. The van der Waals surface area contributed by atoms with Crippen molar-refractivity contribution in [3.05, 3.63) is 94.6 Å². The molecule has 1 atom stereocenters. The van der Waals surface area contributed by atoms with E-state index in [-0.39, 0.29) is 34.2 Å². The molecule has 0 bridgehead atoms. The quantitative estimate of drug-likeness (QED) is 0.316. The Morgan fingerprint density at radius 3 is 2.57 bits per heavy atom. The number of carbonyl (C=O) groups is 1. The van der Waals surface area contributed by atoms with Gasteiger partial charge in [-0.3, -0.25) is 18.9 Å². The van der Waals surface area contributed by atoms with Gasteiger partial charge in [-0.25, -0.2) is 4.79 Å². The molecule has 37 heavy (non-hydrogen) atoms. The standard InChI is InChI=1S/C26H20ClF3N4O3/c1-2-24(35)32-12-10-18(15-32)34-21-9-11-31-14-22(21)33(25(34)36)17-5-8-23(20(27)13-17)37-19-6-3-16(4-7-19)26(28,29)30/h2-9,11,13-14,18H,1,10,12,15H2. The minimum absolute atomic E-state index is 0.165. The maximum Gasteiger partial charge on any atom is 0.416 e. The first-order chi connectivity index (χ1) is 17.7.